The van der Waals surface area contributed by atoms with Crippen LogP contribution in [-0.4, -0.2) is 89.5 Å². The van der Waals surface area contributed by atoms with Crippen molar-refractivity contribution in [1.29, 1.82) is 0 Å². The molecule has 0 spiro atoms. The summed E-state index contributed by atoms with van der Waals surface area (Å²) in [6.45, 7) is 0. The monoisotopic (exact) mass is 203 g/mol. The first-order chi connectivity index (χ1) is 2.50. The van der Waals surface area contributed by atoms with Crippen LogP contribution >= 0.6 is 0 Å². The van der Waals surface area contributed by atoms with E-state index in [9.17, 15) is 0 Å². The van der Waals surface area contributed by atoms with Gasteiger partial charge in [0, 0.05) is 68.9 Å². The summed E-state index contributed by atoms with van der Waals surface area (Å²) in [5.74, 6) is 0. The normalized spacial score (nSPS) is 6.67. The van der Waals surface area contributed by atoms with Gasteiger partial charge in [0.15, 0.2) is 0 Å². The third-order valence-electron chi connectivity index (χ3n) is 0.270. The van der Waals surface area contributed by atoms with E-state index < -0.39 is 0 Å². The number of aromatic amines is 1. The standard InChI is InChI=1S/CH2N4.Cs/c1-2-4-5-3-1;/h1H,(H,2,3,4,5);. The van der Waals surface area contributed by atoms with E-state index in [1.165, 1.54) is 6.33 Å². The van der Waals surface area contributed by atoms with Crippen LogP contribution in [0, 0.1) is 0 Å². The summed E-state index contributed by atoms with van der Waals surface area (Å²) in [6.07, 6.45) is 1.40. The van der Waals surface area contributed by atoms with Gasteiger partial charge >= 0.3 is 0 Å². The van der Waals surface area contributed by atoms with Gasteiger partial charge in [-0.1, -0.05) is 0 Å². The van der Waals surface area contributed by atoms with Gasteiger partial charge in [0.2, 0.25) is 0 Å². The van der Waals surface area contributed by atoms with Crippen molar-refractivity contribution >= 4 is 68.9 Å². The smallest absolute Gasteiger partial charge is 0.135 e. The van der Waals surface area contributed by atoms with Crippen molar-refractivity contribution in [1.82, 2.24) is 20.6 Å². The van der Waals surface area contributed by atoms with Crippen LogP contribution in [0.4, 0.5) is 0 Å². The third-order valence-corrected chi connectivity index (χ3v) is 0.270. The van der Waals surface area contributed by atoms with Crippen LogP contribution in [0.3, 0.4) is 0 Å². The van der Waals surface area contributed by atoms with Crippen LogP contribution in [0.5, 0.6) is 0 Å². The predicted octanol–water partition coefficient (Wildman–Crippen LogP) is -1.18. The van der Waals surface area contributed by atoms with Gasteiger partial charge in [0.25, 0.3) is 0 Å². The fourth-order valence-electron chi connectivity index (χ4n) is 0.129. The number of rotatable bonds is 0. The Labute approximate surface area is 93.5 Å². The Bertz CT molecular complexity index is 64.0. The second-order valence-electron chi connectivity index (χ2n) is 0.563. The summed E-state index contributed by atoms with van der Waals surface area (Å²) in [7, 11) is 0. The van der Waals surface area contributed by atoms with Gasteiger partial charge in [-0.15, -0.1) is 5.10 Å². The first-order valence-corrected chi connectivity index (χ1v) is 1.17. The number of tetrazole rings is 1. The zero-order chi connectivity index (χ0) is 3.54. The molecule has 1 radical (unpaired) electrons. The minimum atomic E-state index is 0. The molecule has 1 rings (SSSR count). The molecule has 0 saturated carbocycles. The van der Waals surface area contributed by atoms with Gasteiger partial charge in [-0.05, 0) is 10.4 Å². The number of nitrogens with zero attached hydrogens (tertiary/aromatic N) is 3. The number of hydrogen-bond donors (Lipinski definition) is 1. The zero-order valence-electron chi connectivity index (χ0n) is 3.42. The maximum Gasteiger partial charge on any atom is 0.135 e. The van der Waals surface area contributed by atoms with E-state index in [1.54, 1.807) is 0 Å². The van der Waals surface area contributed by atoms with Gasteiger partial charge < -0.3 is 0 Å². The Morgan fingerprint density at radius 2 is 2.33 bits per heavy atom. The van der Waals surface area contributed by atoms with Gasteiger partial charge in [-0.25, -0.2) is 5.10 Å². The molecule has 1 aromatic heterocycles. The molecular formula is CH2CsN4. The van der Waals surface area contributed by atoms with Crippen LogP contribution in [-0.2, 0) is 0 Å². The SMILES string of the molecule is [Cs].c1nnn[nH]1. The second kappa shape index (κ2) is 4.29. The molecule has 4 nitrogen and oxygen atoms in total. The minimum absolute atomic E-state index is 0. The Balaban J connectivity index is 0.000000250. The first-order valence-electron chi connectivity index (χ1n) is 1.17. The van der Waals surface area contributed by atoms with Crippen LogP contribution in [0.2, 0.25) is 0 Å². The van der Waals surface area contributed by atoms with Crippen LogP contribution < -0.4 is 0 Å². The Kier molecular flexibility index (Phi) is 5.09. The zero-order valence-corrected chi connectivity index (χ0v) is 9.70. The molecular weight excluding hydrogens is 201 g/mol. The predicted molar refractivity (Wildman–Crippen MR) is 19.9 cm³/mol. The number of H-pyrrole nitrogens is 1. The van der Waals surface area contributed by atoms with Crippen molar-refractivity contribution in [2.24, 2.45) is 0 Å². The summed E-state index contributed by atoms with van der Waals surface area (Å²) >= 11 is 0. The van der Waals surface area contributed by atoms with E-state index >= 15 is 0 Å². The molecule has 1 aromatic rings. The third kappa shape index (κ3) is 2.32. The Morgan fingerprint density at radius 3 is 2.50 bits per heavy atom. The minimum Gasteiger partial charge on any atom is -0.246 e. The molecule has 0 unspecified atom stereocenters. The molecule has 0 aliphatic carbocycles. The van der Waals surface area contributed by atoms with E-state index in [4.69, 9.17) is 0 Å². The van der Waals surface area contributed by atoms with E-state index in [0.29, 0.717) is 0 Å². The number of aromatic nitrogens is 4. The van der Waals surface area contributed by atoms with Gasteiger partial charge in [0.05, 0.1) is 0 Å². The largest absolute Gasteiger partial charge is 0.246 e. The van der Waals surface area contributed by atoms with Crippen LogP contribution in [0.15, 0.2) is 6.33 Å². The van der Waals surface area contributed by atoms with Crippen molar-refractivity contribution in [2.75, 3.05) is 0 Å². The van der Waals surface area contributed by atoms with Crippen molar-refractivity contribution in [2.45, 2.75) is 0 Å². The molecule has 0 saturated heterocycles. The maximum atomic E-state index is 3.31. The number of nitrogens with one attached hydrogen (secondary N) is 1. The molecule has 0 fully saturated rings. The van der Waals surface area contributed by atoms with E-state index in [2.05, 4.69) is 20.6 Å². The molecule has 1 heterocycles. The molecule has 27 valence electrons. The van der Waals surface area contributed by atoms with Crippen molar-refractivity contribution in [3.05, 3.63) is 6.33 Å². The average molecular weight is 203 g/mol. The molecule has 0 aliphatic heterocycles. The molecule has 0 aliphatic rings. The Morgan fingerprint density at radius 1 is 1.50 bits per heavy atom. The molecule has 6 heavy (non-hydrogen) atoms. The average Bonchev–Trinajstić information content (AvgIpc) is 1.76. The quantitative estimate of drug-likeness (QED) is 0.577. The summed E-state index contributed by atoms with van der Waals surface area (Å²) in [6, 6.07) is 0. The fourth-order valence-corrected chi connectivity index (χ4v) is 0.129. The first kappa shape index (κ1) is 7.12. The summed E-state index contributed by atoms with van der Waals surface area (Å²) in [4.78, 5) is 0. The van der Waals surface area contributed by atoms with E-state index in [1.807, 2.05) is 0 Å². The van der Waals surface area contributed by atoms with Gasteiger partial charge in [-0.3, -0.25) is 0 Å². The number of hydrogen-bond acceptors (Lipinski definition) is 3. The summed E-state index contributed by atoms with van der Waals surface area (Å²) in [5, 5.41) is 12.1. The fraction of sp³-hybridized carbons (Fsp3) is 0. The van der Waals surface area contributed by atoms with Gasteiger partial charge in [-0.2, -0.15) is 0 Å². The van der Waals surface area contributed by atoms with Gasteiger partial charge in [0.1, 0.15) is 6.33 Å². The molecule has 0 aromatic carbocycles. The van der Waals surface area contributed by atoms with Crippen LogP contribution in [0.1, 0.15) is 0 Å². The van der Waals surface area contributed by atoms with Crippen molar-refractivity contribution in [3.63, 3.8) is 0 Å². The van der Waals surface area contributed by atoms with Crippen molar-refractivity contribution < 1.29 is 0 Å². The van der Waals surface area contributed by atoms with Crippen LogP contribution in [0.25, 0.3) is 0 Å². The molecule has 0 bridgehead atoms. The maximum absolute atomic E-state index is 3.31. The van der Waals surface area contributed by atoms with E-state index in [0.717, 1.165) is 0 Å². The van der Waals surface area contributed by atoms with E-state index in [-0.39, 0.29) is 68.9 Å². The molecule has 1 N–H and O–H groups in total. The molecule has 0 atom stereocenters. The molecule has 0 amide bonds. The Hall–Kier alpha value is 1.12. The molecule has 5 heteroatoms. The second-order valence-corrected chi connectivity index (χ2v) is 0.563. The summed E-state index contributed by atoms with van der Waals surface area (Å²) in [5.41, 5.74) is 0. The summed E-state index contributed by atoms with van der Waals surface area (Å²) < 4.78 is 0. The van der Waals surface area contributed by atoms with Crippen molar-refractivity contribution in [3.8, 4) is 0 Å². The topological polar surface area (TPSA) is 54.5 Å².